The van der Waals surface area contributed by atoms with Gasteiger partial charge in [0.05, 0.1) is 0 Å². The van der Waals surface area contributed by atoms with Crippen molar-refractivity contribution in [1.82, 2.24) is 0 Å². The van der Waals surface area contributed by atoms with Crippen LogP contribution in [0.2, 0.25) is 0 Å². The minimum atomic E-state index is -0.374. The first-order valence-corrected chi connectivity index (χ1v) is 13.6. The highest BCUT2D eigenvalue weighted by atomic mass is 79.9. The van der Waals surface area contributed by atoms with E-state index in [9.17, 15) is 4.79 Å². The lowest BCUT2D eigenvalue weighted by Gasteiger charge is -2.25. The van der Waals surface area contributed by atoms with Gasteiger partial charge in [-0.1, -0.05) is 80.4 Å². The normalized spacial score (nSPS) is 16.9. The molecule has 0 fully saturated rings. The van der Waals surface area contributed by atoms with Crippen LogP contribution in [0.1, 0.15) is 15.9 Å². The maximum Gasteiger partial charge on any atom is 0.182 e. The lowest BCUT2D eigenvalue weighted by Crippen LogP contribution is -2.21. The van der Waals surface area contributed by atoms with E-state index in [-0.39, 0.29) is 10.6 Å². The van der Waals surface area contributed by atoms with Gasteiger partial charge in [-0.3, -0.25) is 4.79 Å². The summed E-state index contributed by atoms with van der Waals surface area (Å²) in [6.45, 7) is 0. The van der Waals surface area contributed by atoms with Crippen LogP contribution in [0, 0.1) is 0 Å². The zero-order valence-corrected chi connectivity index (χ0v) is 22.3. The van der Waals surface area contributed by atoms with E-state index in [4.69, 9.17) is 0 Å². The van der Waals surface area contributed by atoms with Crippen LogP contribution < -0.4 is 0 Å². The molecule has 1 aliphatic rings. The fraction of sp³-hybridized carbons (Fsp3) is 0.0333. The van der Waals surface area contributed by atoms with Crippen LogP contribution in [-0.2, 0) is 0 Å². The van der Waals surface area contributed by atoms with Crippen molar-refractivity contribution in [3.05, 3.63) is 88.4 Å². The third-order valence-electron chi connectivity index (χ3n) is 7.48. The second kappa shape index (κ2) is 6.57. The Balaban J connectivity index is 1.69. The number of carbonyl (C=O) groups excluding carboxylic acids is 1. The van der Waals surface area contributed by atoms with E-state index < -0.39 is 0 Å². The second-order valence-electron chi connectivity index (χ2n) is 9.16. The molecular weight excluding hydrogens is 616 g/mol. The largest absolute Gasteiger partial charge is 0.292 e. The van der Waals surface area contributed by atoms with Crippen LogP contribution in [0.3, 0.4) is 0 Å². The number of ketones is 1. The van der Waals surface area contributed by atoms with Gasteiger partial charge in [0.1, 0.15) is 4.83 Å². The standard InChI is InChI=1S/C30H13Br3O/c31-27-26-20-11-17-7-5-14-9-13-3-1-2-4-18(13)19-10-16-8-6-15(23(20)25(16)24(17)22(14)19)12-21(26)30(34)29(33)28(27)32/h1-12,29H. The van der Waals surface area contributed by atoms with E-state index >= 15 is 0 Å². The van der Waals surface area contributed by atoms with Gasteiger partial charge >= 0.3 is 0 Å². The highest BCUT2D eigenvalue weighted by Crippen LogP contribution is 2.50. The molecule has 4 heteroatoms. The van der Waals surface area contributed by atoms with Gasteiger partial charge in [0.25, 0.3) is 0 Å². The first-order chi connectivity index (χ1) is 16.5. The molecule has 1 unspecified atom stereocenters. The minimum absolute atomic E-state index is 0.0824. The summed E-state index contributed by atoms with van der Waals surface area (Å²) < 4.78 is 1.77. The van der Waals surface area contributed by atoms with E-state index in [0.29, 0.717) is 0 Å². The molecule has 0 aliphatic heterocycles. The first kappa shape index (κ1) is 19.7. The zero-order valence-electron chi connectivity index (χ0n) is 17.5. The molecule has 34 heavy (non-hydrogen) atoms. The van der Waals surface area contributed by atoms with Crippen molar-refractivity contribution in [2.24, 2.45) is 0 Å². The molecule has 0 saturated heterocycles. The van der Waals surface area contributed by atoms with Crippen molar-refractivity contribution >= 4 is 123 Å². The molecule has 0 heterocycles. The van der Waals surface area contributed by atoms with Crippen LogP contribution in [-0.4, -0.2) is 10.6 Å². The van der Waals surface area contributed by atoms with E-state index in [1.54, 1.807) is 0 Å². The zero-order chi connectivity index (χ0) is 22.9. The molecule has 0 spiro atoms. The molecule has 0 amide bonds. The van der Waals surface area contributed by atoms with E-state index in [1.165, 1.54) is 53.9 Å². The Morgan fingerprint density at radius 1 is 0.588 bits per heavy atom. The van der Waals surface area contributed by atoms with E-state index in [0.717, 1.165) is 30.9 Å². The molecule has 0 N–H and O–H groups in total. The molecule has 160 valence electrons. The van der Waals surface area contributed by atoms with E-state index in [2.05, 4.69) is 121 Å². The number of alkyl halides is 1. The predicted molar refractivity (Wildman–Crippen MR) is 156 cm³/mol. The molecule has 7 aromatic carbocycles. The molecule has 0 radical (unpaired) electrons. The summed E-state index contributed by atoms with van der Waals surface area (Å²) in [5.41, 5.74) is 1.73. The summed E-state index contributed by atoms with van der Waals surface area (Å²) in [6, 6.07) is 26.5. The highest BCUT2D eigenvalue weighted by Gasteiger charge is 2.33. The Hall–Kier alpha value is -2.53. The number of hydrogen-bond donors (Lipinski definition) is 0. The molecule has 7 aromatic rings. The SMILES string of the molecule is O=C1c2cc3ccc4cc5c6ccccc6cc6ccc7cc(c2C(Br)=C(Br)C1Br)c3c4c7c65. The van der Waals surface area contributed by atoms with Crippen molar-refractivity contribution < 1.29 is 4.79 Å². The molecule has 0 aromatic heterocycles. The summed E-state index contributed by atoms with van der Waals surface area (Å²) in [5.74, 6) is 0.0824. The number of Topliss-reactive ketones (excluding diaryl/α,β-unsaturated/α-hetero) is 1. The molecule has 1 nitrogen and oxygen atoms in total. The third-order valence-corrected chi connectivity index (χ3v) is 11.2. The van der Waals surface area contributed by atoms with Gasteiger partial charge in [0, 0.05) is 20.1 Å². The smallest absolute Gasteiger partial charge is 0.182 e. The number of allylic oxidation sites excluding steroid dienone is 1. The Bertz CT molecular complexity index is 2070. The molecule has 0 bridgehead atoms. The predicted octanol–water partition coefficient (Wildman–Crippen LogP) is 9.90. The minimum Gasteiger partial charge on any atom is -0.292 e. The van der Waals surface area contributed by atoms with Crippen LogP contribution >= 0.6 is 47.8 Å². The summed E-state index contributed by atoms with van der Waals surface area (Å²) in [6.07, 6.45) is 0. The maximum absolute atomic E-state index is 13.3. The first-order valence-electron chi connectivity index (χ1n) is 11.1. The van der Waals surface area contributed by atoms with E-state index in [1.807, 2.05) is 0 Å². The van der Waals surface area contributed by atoms with Crippen molar-refractivity contribution in [1.29, 1.82) is 0 Å². The van der Waals surface area contributed by atoms with Crippen LogP contribution in [0.4, 0.5) is 0 Å². The Morgan fingerprint density at radius 2 is 1.18 bits per heavy atom. The Morgan fingerprint density at radius 3 is 1.91 bits per heavy atom. The molecule has 1 atom stereocenters. The Kier molecular flexibility index (Phi) is 3.81. The molecular formula is C30H13Br3O. The van der Waals surface area contributed by atoms with Gasteiger partial charge in [0.2, 0.25) is 0 Å². The third kappa shape index (κ3) is 2.27. The van der Waals surface area contributed by atoms with Crippen LogP contribution in [0.25, 0.3) is 69.1 Å². The van der Waals surface area contributed by atoms with Gasteiger partial charge < -0.3 is 0 Å². The summed E-state index contributed by atoms with van der Waals surface area (Å²) in [5, 5.41) is 14.9. The van der Waals surface area contributed by atoms with Gasteiger partial charge in [-0.25, -0.2) is 0 Å². The maximum atomic E-state index is 13.3. The van der Waals surface area contributed by atoms with Crippen LogP contribution in [0.5, 0.6) is 0 Å². The van der Waals surface area contributed by atoms with Crippen molar-refractivity contribution in [2.45, 2.75) is 4.83 Å². The van der Waals surface area contributed by atoms with Gasteiger partial charge in [0.15, 0.2) is 5.78 Å². The van der Waals surface area contributed by atoms with Gasteiger partial charge in [-0.15, -0.1) is 0 Å². The summed E-state index contributed by atoms with van der Waals surface area (Å²) >= 11 is 11.0. The molecule has 8 rings (SSSR count). The van der Waals surface area contributed by atoms with Gasteiger partial charge in [-0.05, 0) is 105 Å². The van der Waals surface area contributed by atoms with Gasteiger partial charge in [-0.2, -0.15) is 0 Å². The number of carbonyl (C=O) groups is 1. The Labute approximate surface area is 219 Å². The fourth-order valence-electron chi connectivity index (χ4n) is 6.06. The highest BCUT2D eigenvalue weighted by molar-refractivity contribution is 9.17. The second-order valence-corrected chi connectivity index (χ2v) is 11.7. The number of hydrogen-bond acceptors (Lipinski definition) is 1. The monoisotopic (exact) mass is 626 g/mol. The number of halogens is 3. The topological polar surface area (TPSA) is 17.1 Å². The number of fused-ring (bicyclic) bond motifs is 4. The van der Waals surface area contributed by atoms with Crippen LogP contribution in [0.15, 0.2) is 77.3 Å². The van der Waals surface area contributed by atoms with Crippen molar-refractivity contribution in [2.75, 3.05) is 0 Å². The molecule has 1 aliphatic carbocycles. The van der Waals surface area contributed by atoms with Crippen molar-refractivity contribution in [3.63, 3.8) is 0 Å². The average Bonchev–Trinajstić information content (AvgIpc) is 2.87. The van der Waals surface area contributed by atoms with Crippen molar-refractivity contribution in [3.8, 4) is 0 Å². The lowest BCUT2D eigenvalue weighted by molar-refractivity contribution is 0.100. The summed E-state index contributed by atoms with van der Waals surface area (Å²) in [4.78, 5) is 12.9. The average molecular weight is 629 g/mol. The number of rotatable bonds is 0. The quantitative estimate of drug-likeness (QED) is 0.0928. The number of benzene rings is 7. The lowest BCUT2D eigenvalue weighted by atomic mass is 9.82. The summed E-state index contributed by atoms with van der Waals surface area (Å²) in [7, 11) is 0. The molecule has 0 saturated carbocycles. The fourth-order valence-corrected chi connectivity index (χ4v) is 7.90.